The van der Waals surface area contributed by atoms with Gasteiger partial charge in [0.25, 0.3) is 0 Å². The van der Waals surface area contributed by atoms with Gasteiger partial charge >= 0.3 is 0 Å². The van der Waals surface area contributed by atoms with Gasteiger partial charge in [-0.25, -0.2) is 13.1 Å². The second kappa shape index (κ2) is 7.03. The van der Waals surface area contributed by atoms with E-state index >= 15 is 0 Å². The van der Waals surface area contributed by atoms with Crippen LogP contribution in [-0.4, -0.2) is 39.5 Å². The maximum absolute atomic E-state index is 11.9. The summed E-state index contributed by atoms with van der Waals surface area (Å²) in [6.07, 6.45) is 3.77. The molecular formula is C14H22N2O2S. The fraction of sp³-hybridized carbons (Fsp3) is 0.571. The van der Waals surface area contributed by atoms with Crippen LogP contribution >= 0.6 is 0 Å². The average molecular weight is 282 g/mol. The number of rotatable bonds is 6. The molecule has 0 unspecified atom stereocenters. The van der Waals surface area contributed by atoms with Gasteiger partial charge in [-0.1, -0.05) is 36.8 Å². The van der Waals surface area contributed by atoms with E-state index < -0.39 is 10.0 Å². The van der Waals surface area contributed by atoms with Gasteiger partial charge in [-0.15, -0.1) is 0 Å². The lowest BCUT2D eigenvalue weighted by atomic mass is 10.1. The molecule has 0 spiro atoms. The number of piperidine rings is 1. The molecule has 1 fully saturated rings. The standard InChI is InChI=1S/C14H22N2O2S/c17-19(18,13-14-7-3-1-4-8-14)15-9-12-16-10-5-2-6-11-16/h1,3-4,7-8,15H,2,5-6,9-13H2. The molecule has 0 atom stereocenters. The van der Waals surface area contributed by atoms with Gasteiger partial charge in [-0.05, 0) is 31.5 Å². The molecule has 5 heteroatoms. The fourth-order valence-electron chi connectivity index (χ4n) is 2.39. The Morgan fingerprint density at radius 2 is 1.74 bits per heavy atom. The van der Waals surface area contributed by atoms with Crippen molar-refractivity contribution in [2.75, 3.05) is 26.2 Å². The lowest BCUT2D eigenvalue weighted by molar-refractivity contribution is 0.232. The van der Waals surface area contributed by atoms with Gasteiger partial charge in [0, 0.05) is 13.1 Å². The van der Waals surface area contributed by atoms with E-state index in [4.69, 9.17) is 0 Å². The monoisotopic (exact) mass is 282 g/mol. The van der Waals surface area contributed by atoms with Gasteiger partial charge in [0.15, 0.2) is 0 Å². The van der Waals surface area contributed by atoms with Gasteiger partial charge in [0.05, 0.1) is 5.75 Å². The number of nitrogens with one attached hydrogen (secondary N) is 1. The molecule has 1 saturated heterocycles. The van der Waals surface area contributed by atoms with E-state index in [1.54, 1.807) is 0 Å². The van der Waals surface area contributed by atoms with Gasteiger partial charge < -0.3 is 4.90 Å². The van der Waals surface area contributed by atoms with Crippen molar-refractivity contribution in [2.45, 2.75) is 25.0 Å². The third-order valence-electron chi connectivity index (χ3n) is 3.40. The predicted octanol–water partition coefficient (Wildman–Crippen LogP) is 1.59. The van der Waals surface area contributed by atoms with Crippen molar-refractivity contribution in [1.29, 1.82) is 0 Å². The minimum atomic E-state index is -3.21. The summed E-state index contributed by atoms with van der Waals surface area (Å²) in [7, 11) is -3.21. The summed E-state index contributed by atoms with van der Waals surface area (Å²) >= 11 is 0. The molecule has 1 N–H and O–H groups in total. The maximum atomic E-state index is 11.9. The first kappa shape index (κ1) is 14.5. The van der Waals surface area contributed by atoms with Crippen LogP contribution in [0.25, 0.3) is 0 Å². The Kier molecular flexibility index (Phi) is 5.36. The van der Waals surface area contributed by atoms with Crippen molar-refractivity contribution in [3.8, 4) is 0 Å². The molecule has 0 aromatic heterocycles. The Bertz CT molecular complexity index is 467. The molecule has 0 saturated carbocycles. The number of hydrogen-bond donors (Lipinski definition) is 1. The zero-order chi connectivity index (χ0) is 13.6. The van der Waals surface area contributed by atoms with Crippen molar-refractivity contribution in [3.63, 3.8) is 0 Å². The molecule has 0 amide bonds. The molecule has 1 aliphatic rings. The third-order valence-corrected chi connectivity index (χ3v) is 4.76. The van der Waals surface area contributed by atoms with Crippen LogP contribution in [0.1, 0.15) is 24.8 Å². The van der Waals surface area contributed by atoms with Gasteiger partial charge in [0.1, 0.15) is 0 Å². The van der Waals surface area contributed by atoms with Crippen LogP contribution < -0.4 is 4.72 Å². The van der Waals surface area contributed by atoms with E-state index in [1.165, 1.54) is 19.3 Å². The SMILES string of the molecule is O=S(=O)(Cc1ccccc1)NCCN1CCCCC1. The highest BCUT2D eigenvalue weighted by molar-refractivity contribution is 7.88. The quantitative estimate of drug-likeness (QED) is 0.862. The van der Waals surface area contributed by atoms with Crippen LogP contribution in [0.15, 0.2) is 30.3 Å². The zero-order valence-corrected chi connectivity index (χ0v) is 12.0. The van der Waals surface area contributed by atoms with Crippen LogP contribution in [0, 0.1) is 0 Å². The van der Waals surface area contributed by atoms with Crippen molar-refractivity contribution < 1.29 is 8.42 Å². The molecule has 19 heavy (non-hydrogen) atoms. The molecule has 0 radical (unpaired) electrons. The summed E-state index contributed by atoms with van der Waals surface area (Å²) < 4.78 is 26.5. The largest absolute Gasteiger partial charge is 0.302 e. The predicted molar refractivity (Wildman–Crippen MR) is 77.4 cm³/mol. The van der Waals surface area contributed by atoms with Crippen LogP contribution in [0.5, 0.6) is 0 Å². The normalized spacial score (nSPS) is 17.5. The highest BCUT2D eigenvalue weighted by atomic mass is 32.2. The molecule has 1 aromatic carbocycles. The van der Waals surface area contributed by atoms with E-state index in [0.717, 1.165) is 25.2 Å². The van der Waals surface area contributed by atoms with Crippen LogP contribution in [0.4, 0.5) is 0 Å². The summed E-state index contributed by atoms with van der Waals surface area (Å²) in [4.78, 5) is 2.33. The van der Waals surface area contributed by atoms with Gasteiger partial charge in [0.2, 0.25) is 10.0 Å². The van der Waals surface area contributed by atoms with Crippen molar-refractivity contribution in [3.05, 3.63) is 35.9 Å². The molecule has 0 bridgehead atoms. The maximum Gasteiger partial charge on any atom is 0.215 e. The van der Waals surface area contributed by atoms with Gasteiger partial charge in [-0.3, -0.25) is 0 Å². The summed E-state index contributed by atoms with van der Waals surface area (Å²) in [5.74, 6) is 0.0633. The van der Waals surface area contributed by atoms with Crippen LogP contribution in [-0.2, 0) is 15.8 Å². The van der Waals surface area contributed by atoms with Crippen molar-refractivity contribution in [2.24, 2.45) is 0 Å². The summed E-state index contributed by atoms with van der Waals surface area (Å²) in [5, 5.41) is 0. The molecule has 2 rings (SSSR count). The molecule has 106 valence electrons. The first-order chi connectivity index (χ1) is 9.16. The molecule has 4 nitrogen and oxygen atoms in total. The minimum Gasteiger partial charge on any atom is -0.302 e. The molecule has 1 aromatic rings. The lowest BCUT2D eigenvalue weighted by Crippen LogP contribution is -2.38. The molecular weight excluding hydrogens is 260 g/mol. The van der Waals surface area contributed by atoms with Crippen LogP contribution in [0.2, 0.25) is 0 Å². The Labute approximate surface area is 115 Å². The Morgan fingerprint density at radius 1 is 1.05 bits per heavy atom. The van der Waals surface area contributed by atoms with E-state index in [-0.39, 0.29) is 5.75 Å². The van der Waals surface area contributed by atoms with Gasteiger partial charge in [-0.2, -0.15) is 0 Å². The fourth-order valence-corrected chi connectivity index (χ4v) is 3.52. The third kappa shape index (κ3) is 5.30. The van der Waals surface area contributed by atoms with E-state index in [2.05, 4.69) is 9.62 Å². The van der Waals surface area contributed by atoms with E-state index in [1.807, 2.05) is 30.3 Å². The van der Waals surface area contributed by atoms with Crippen molar-refractivity contribution >= 4 is 10.0 Å². The summed E-state index contributed by atoms with van der Waals surface area (Å²) in [6, 6.07) is 9.28. The first-order valence-electron chi connectivity index (χ1n) is 6.89. The second-order valence-electron chi connectivity index (χ2n) is 5.04. The molecule has 1 heterocycles. The van der Waals surface area contributed by atoms with Crippen LogP contribution in [0.3, 0.4) is 0 Å². The Balaban J connectivity index is 1.74. The summed E-state index contributed by atoms with van der Waals surface area (Å²) in [6.45, 7) is 3.52. The zero-order valence-electron chi connectivity index (χ0n) is 11.2. The average Bonchev–Trinajstić information content (AvgIpc) is 2.40. The lowest BCUT2D eigenvalue weighted by Gasteiger charge is -2.26. The van der Waals surface area contributed by atoms with Crippen molar-refractivity contribution in [1.82, 2.24) is 9.62 Å². The Morgan fingerprint density at radius 3 is 2.42 bits per heavy atom. The number of likely N-dealkylation sites (tertiary alicyclic amines) is 1. The number of nitrogens with zero attached hydrogens (tertiary/aromatic N) is 1. The minimum absolute atomic E-state index is 0.0633. The second-order valence-corrected chi connectivity index (χ2v) is 6.85. The molecule has 1 aliphatic heterocycles. The highest BCUT2D eigenvalue weighted by Crippen LogP contribution is 2.08. The summed E-state index contributed by atoms with van der Waals surface area (Å²) in [5.41, 5.74) is 0.827. The molecule has 0 aliphatic carbocycles. The van der Waals surface area contributed by atoms with E-state index in [0.29, 0.717) is 6.54 Å². The smallest absolute Gasteiger partial charge is 0.215 e. The topological polar surface area (TPSA) is 49.4 Å². The highest BCUT2D eigenvalue weighted by Gasteiger charge is 2.13. The Hall–Kier alpha value is -0.910. The first-order valence-corrected chi connectivity index (χ1v) is 8.54. The van der Waals surface area contributed by atoms with E-state index in [9.17, 15) is 8.42 Å². The number of benzene rings is 1. The number of sulfonamides is 1. The number of hydrogen-bond acceptors (Lipinski definition) is 3.